The second-order valence-electron chi connectivity index (χ2n) is 3.41. The van der Waals surface area contributed by atoms with Crippen molar-refractivity contribution in [3.05, 3.63) is 41.6 Å². The van der Waals surface area contributed by atoms with Crippen molar-refractivity contribution in [1.29, 1.82) is 0 Å². The van der Waals surface area contributed by atoms with E-state index in [4.69, 9.17) is 4.52 Å². The summed E-state index contributed by atoms with van der Waals surface area (Å²) in [7, 11) is 0. The number of alkyl halides is 3. The lowest BCUT2D eigenvalue weighted by Crippen LogP contribution is -2.04. The summed E-state index contributed by atoms with van der Waals surface area (Å²) in [5, 5.41) is 3.63. The van der Waals surface area contributed by atoms with Gasteiger partial charge in [0.15, 0.2) is 5.76 Å². The number of aromatic nitrogens is 1. The van der Waals surface area contributed by atoms with E-state index in [-0.39, 0.29) is 0 Å². The molecule has 1 aromatic carbocycles. The van der Waals surface area contributed by atoms with Crippen LogP contribution in [0.4, 0.5) is 13.2 Å². The number of halogens is 3. The van der Waals surface area contributed by atoms with Gasteiger partial charge in [0.2, 0.25) is 0 Å². The minimum atomic E-state index is -4.34. The minimum absolute atomic E-state index is 0.337. The molecule has 2 nitrogen and oxygen atoms in total. The fourth-order valence-corrected chi connectivity index (χ4v) is 1.35. The van der Waals surface area contributed by atoms with Crippen LogP contribution in [0, 0.1) is 6.92 Å². The van der Waals surface area contributed by atoms with Crippen LogP contribution >= 0.6 is 0 Å². The Bertz CT molecular complexity index is 502. The van der Waals surface area contributed by atoms with Crippen molar-refractivity contribution in [3.8, 4) is 11.3 Å². The third-order valence-electron chi connectivity index (χ3n) is 2.10. The molecule has 0 aliphatic carbocycles. The molecule has 0 aliphatic rings. The molecule has 2 aromatic rings. The van der Waals surface area contributed by atoms with Crippen molar-refractivity contribution in [1.82, 2.24) is 5.16 Å². The first kappa shape index (κ1) is 10.7. The molecule has 0 saturated carbocycles. The summed E-state index contributed by atoms with van der Waals surface area (Å²) in [6.07, 6.45) is -4.34. The zero-order chi connectivity index (χ0) is 11.8. The monoisotopic (exact) mass is 227 g/mol. The number of hydrogen-bond donors (Lipinski definition) is 0. The molecule has 0 saturated heterocycles. The summed E-state index contributed by atoms with van der Waals surface area (Å²) in [5.74, 6) is 0.337. The second kappa shape index (κ2) is 3.66. The Morgan fingerprint density at radius 2 is 1.94 bits per heavy atom. The highest BCUT2D eigenvalue weighted by molar-refractivity contribution is 5.58. The van der Waals surface area contributed by atoms with E-state index < -0.39 is 11.7 Å². The number of rotatable bonds is 1. The van der Waals surface area contributed by atoms with E-state index in [1.807, 2.05) is 0 Å². The second-order valence-corrected chi connectivity index (χ2v) is 3.41. The van der Waals surface area contributed by atoms with Gasteiger partial charge in [0.1, 0.15) is 0 Å². The Labute approximate surface area is 89.7 Å². The third-order valence-corrected chi connectivity index (χ3v) is 2.10. The standard InChI is InChI=1S/C11H8F3NO/c1-7-5-10(16-15-7)8-3-2-4-9(6-8)11(12,13)14/h2-6H,1H3. The van der Waals surface area contributed by atoms with Gasteiger partial charge in [0, 0.05) is 11.6 Å². The van der Waals surface area contributed by atoms with Crippen molar-refractivity contribution >= 4 is 0 Å². The summed E-state index contributed by atoms with van der Waals surface area (Å²) >= 11 is 0. The van der Waals surface area contributed by atoms with Crippen LogP contribution in [0.3, 0.4) is 0 Å². The van der Waals surface area contributed by atoms with E-state index in [1.54, 1.807) is 19.1 Å². The van der Waals surface area contributed by atoms with Gasteiger partial charge >= 0.3 is 6.18 Å². The van der Waals surface area contributed by atoms with Gasteiger partial charge in [0.25, 0.3) is 0 Å². The Kier molecular flexibility index (Phi) is 2.46. The van der Waals surface area contributed by atoms with Crippen LogP contribution in [0.15, 0.2) is 34.9 Å². The van der Waals surface area contributed by atoms with Crippen molar-refractivity contribution in [2.24, 2.45) is 0 Å². The highest BCUT2D eigenvalue weighted by Crippen LogP contribution is 2.32. The van der Waals surface area contributed by atoms with Crippen LogP contribution < -0.4 is 0 Å². The highest BCUT2D eigenvalue weighted by Gasteiger charge is 2.30. The maximum Gasteiger partial charge on any atom is 0.416 e. The first-order valence-electron chi connectivity index (χ1n) is 4.58. The topological polar surface area (TPSA) is 26.0 Å². The molecule has 1 heterocycles. The van der Waals surface area contributed by atoms with E-state index in [0.29, 0.717) is 17.0 Å². The summed E-state index contributed by atoms with van der Waals surface area (Å²) in [5.41, 5.74) is 0.307. The molecule has 0 fully saturated rings. The van der Waals surface area contributed by atoms with Gasteiger partial charge in [-0.1, -0.05) is 17.3 Å². The van der Waals surface area contributed by atoms with Gasteiger partial charge in [-0.2, -0.15) is 13.2 Å². The third kappa shape index (κ3) is 2.08. The molecule has 0 spiro atoms. The Morgan fingerprint density at radius 3 is 2.50 bits per heavy atom. The maximum absolute atomic E-state index is 12.4. The van der Waals surface area contributed by atoms with Gasteiger partial charge < -0.3 is 4.52 Å². The van der Waals surface area contributed by atoms with Crippen molar-refractivity contribution < 1.29 is 17.7 Å². The van der Waals surface area contributed by atoms with Crippen LogP contribution in [0.1, 0.15) is 11.3 Å². The predicted octanol–water partition coefficient (Wildman–Crippen LogP) is 3.67. The molecule has 16 heavy (non-hydrogen) atoms. The Balaban J connectivity index is 2.44. The summed E-state index contributed by atoms with van der Waals surface area (Å²) in [4.78, 5) is 0. The van der Waals surface area contributed by atoms with E-state index in [2.05, 4.69) is 5.16 Å². The molecular weight excluding hydrogens is 219 g/mol. The lowest BCUT2D eigenvalue weighted by Gasteiger charge is -2.06. The maximum atomic E-state index is 12.4. The molecule has 0 unspecified atom stereocenters. The molecule has 0 atom stereocenters. The smallest absolute Gasteiger partial charge is 0.356 e. The lowest BCUT2D eigenvalue weighted by atomic mass is 10.1. The minimum Gasteiger partial charge on any atom is -0.356 e. The zero-order valence-electron chi connectivity index (χ0n) is 8.38. The molecule has 1 aromatic heterocycles. The first-order chi connectivity index (χ1) is 7.47. The average Bonchev–Trinajstić information content (AvgIpc) is 2.64. The number of aryl methyl sites for hydroxylation is 1. The van der Waals surface area contributed by atoms with Crippen molar-refractivity contribution in [2.75, 3.05) is 0 Å². The number of benzene rings is 1. The molecule has 0 amide bonds. The quantitative estimate of drug-likeness (QED) is 0.742. The first-order valence-corrected chi connectivity index (χ1v) is 4.58. The number of hydrogen-bond acceptors (Lipinski definition) is 2. The predicted molar refractivity (Wildman–Crippen MR) is 51.7 cm³/mol. The number of nitrogens with zero attached hydrogens (tertiary/aromatic N) is 1. The molecule has 5 heteroatoms. The molecule has 84 valence electrons. The van der Waals surface area contributed by atoms with E-state index in [9.17, 15) is 13.2 Å². The molecular formula is C11H8F3NO. The van der Waals surface area contributed by atoms with Gasteiger partial charge in [0.05, 0.1) is 11.3 Å². The van der Waals surface area contributed by atoms with E-state index >= 15 is 0 Å². The van der Waals surface area contributed by atoms with E-state index in [0.717, 1.165) is 12.1 Å². The molecule has 0 N–H and O–H groups in total. The SMILES string of the molecule is Cc1cc(-c2cccc(C(F)(F)F)c2)on1. The van der Waals surface area contributed by atoms with Crippen molar-refractivity contribution in [2.45, 2.75) is 13.1 Å². The van der Waals surface area contributed by atoms with Gasteiger partial charge in [-0.15, -0.1) is 0 Å². The van der Waals surface area contributed by atoms with Crippen molar-refractivity contribution in [3.63, 3.8) is 0 Å². The largest absolute Gasteiger partial charge is 0.416 e. The van der Waals surface area contributed by atoms with Crippen LogP contribution in [-0.4, -0.2) is 5.16 Å². The normalized spacial score (nSPS) is 11.8. The Hall–Kier alpha value is -1.78. The molecule has 0 radical (unpaired) electrons. The van der Waals surface area contributed by atoms with Gasteiger partial charge in [-0.05, 0) is 19.1 Å². The molecule has 2 rings (SSSR count). The summed E-state index contributed by atoms with van der Waals surface area (Å²) in [6, 6.07) is 6.55. The average molecular weight is 227 g/mol. The zero-order valence-corrected chi connectivity index (χ0v) is 8.38. The van der Waals surface area contributed by atoms with Crippen LogP contribution in [0.2, 0.25) is 0 Å². The fraction of sp³-hybridized carbons (Fsp3) is 0.182. The van der Waals surface area contributed by atoms with Gasteiger partial charge in [-0.3, -0.25) is 0 Å². The van der Waals surface area contributed by atoms with Gasteiger partial charge in [-0.25, -0.2) is 0 Å². The van der Waals surface area contributed by atoms with Crippen LogP contribution in [-0.2, 0) is 6.18 Å². The van der Waals surface area contributed by atoms with Crippen LogP contribution in [0.5, 0.6) is 0 Å². The Morgan fingerprint density at radius 1 is 1.19 bits per heavy atom. The summed E-state index contributed by atoms with van der Waals surface area (Å²) < 4.78 is 42.2. The van der Waals surface area contributed by atoms with E-state index in [1.165, 1.54) is 6.07 Å². The molecule has 0 bridgehead atoms. The lowest BCUT2D eigenvalue weighted by molar-refractivity contribution is -0.137. The van der Waals surface area contributed by atoms with Crippen LogP contribution in [0.25, 0.3) is 11.3 Å². The fourth-order valence-electron chi connectivity index (χ4n) is 1.35. The summed E-state index contributed by atoms with van der Waals surface area (Å²) in [6.45, 7) is 1.71. The highest BCUT2D eigenvalue weighted by atomic mass is 19.4. The molecule has 0 aliphatic heterocycles.